The molecule has 0 radical (unpaired) electrons. The Bertz CT molecular complexity index is 1080. The Morgan fingerprint density at radius 2 is 1.26 bits per heavy atom. The molecule has 2 saturated heterocycles. The van der Waals surface area contributed by atoms with Gasteiger partial charge in [-0.1, -0.05) is 75.5 Å². The summed E-state index contributed by atoms with van der Waals surface area (Å²) < 4.78 is 37.2. The maximum atomic E-state index is 11.8. The highest BCUT2D eigenvalue weighted by Crippen LogP contribution is 2.16. The Hall–Kier alpha value is -3.15. The quantitative estimate of drug-likeness (QED) is 0.533. The lowest BCUT2D eigenvalue weighted by atomic mass is 10.2. The second kappa shape index (κ2) is 16.0. The van der Waals surface area contributed by atoms with Gasteiger partial charge in [0.05, 0.1) is 25.0 Å². The van der Waals surface area contributed by atoms with Crippen molar-refractivity contribution >= 4 is 22.3 Å². The zero-order chi connectivity index (χ0) is 26.0. The largest absolute Gasteiger partial charge is 0.445 e. The van der Waals surface area contributed by atoms with E-state index in [1.165, 1.54) is 9.80 Å². The molecule has 2 amide bonds. The predicted molar refractivity (Wildman–Crippen MR) is 145 cm³/mol. The first-order valence-electron chi connectivity index (χ1n) is 11.7. The number of benzene rings is 2. The Labute approximate surface area is 226 Å². The van der Waals surface area contributed by atoms with Crippen LogP contribution in [0.5, 0.6) is 0 Å². The van der Waals surface area contributed by atoms with Crippen LogP contribution in [0.3, 0.4) is 0 Å². The van der Waals surface area contributed by atoms with Gasteiger partial charge in [-0.15, -0.1) is 0 Å². The van der Waals surface area contributed by atoms with Crippen LogP contribution in [0.4, 0.5) is 9.59 Å². The number of likely N-dealkylation sites (tertiary alicyclic amines) is 2. The Morgan fingerprint density at radius 1 is 0.816 bits per heavy atom. The minimum atomic E-state index is -3.49. The van der Waals surface area contributed by atoms with Crippen LogP contribution in [0.1, 0.15) is 38.8 Å². The van der Waals surface area contributed by atoms with Crippen molar-refractivity contribution < 1.29 is 36.8 Å². The van der Waals surface area contributed by atoms with Gasteiger partial charge in [-0.25, -0.2) is 9.59 Å². The van der Waals surface area contributed by atoms with E-state index >= 15 is 0 Å². The fourth-order valence-corrected chi connectivity index (χ4v) is 4.40. The third kappa shape index (κ3) is 11.5. The number of amides is 2. The molecule has 2 unspecified atom stereocenters. The monoisotopic (exact) mass is 552 g/mol. The number of aliphatic hydroxyl groups is 1. The van der Waals surface area contributed by atoms with E-state index in [1.54, 1.807) is 0 Å². The lowest BCUT2D eigenvalue weighted by Crippen LogP contribution is -2.31. The molecule has 2 aromatic rings. The molecule has 11 heteroatoms. The fourth-order valence-electron chi connectivity index (χ4n) is 3.75. The van der Waals surface area contributed by atoms with E-state index in [-0.39, 0.29) is 40.7 Å². The van der Waals surface area contributed by atoms with Crippen molar-refractivity contribution in [2.45, 2.75) is 53.1 Å². The number of aliphatic hydroxyl groups excluding tert-OH is 1. The molecule has 1 N–H and O–H groups in total. The van der Waals surface area contributed by atoms with E-state index in [0.717, 1.165) is 17.4 Å². The van der Waals surface area contributed by atoms with Crippen LogP contribution in [0.15, 0.2) is 60.7 Å². The van der Waals surface area contributed by atoms with Gasteiger partial charge in [0.25, 0.3) is 10.1 Å². The van der Waals surface area contributed by atoms with Gasteiger partial charge in [-0.05, 0) is 24.0 Å². The molecule has 4 rings (SSSR count). The number of nitrogens with zero attached hydrogens (tertiary/aromatic N) is 2. The molecular formula is C27H40N2O8S. The van der Waals surface area contributed by atoms with Crippen molar-refractivity contribution in [2.24, 2.45) is 0 Å². The Balaban J connectivity index is 0.000000368. The van der Waals surface area contributed by atoms with Crippen molar-refractivity contribution in [1.82, 2.24) is 9.80 Å². The summed E-state index contributed by atoms with van der Waals surface area (Å²) in [6, 6.07) is 18.9. The van der Waals surface area contributed by atoms with E-state index in [1.807, 2.05) is 60.7 Å². The lowest BCUT2D eigenvalue weighted by molar-refractivity contribution is 0.0971. The number of ether oxygens (including phenoxy) is 2. The van der Waals surface area contributed by atoms with Crippen LogP contribution < -0.4 is 0 Å². The highest BCUT2D eigenvalue weighted by Gasteiger charge is 2.30. The molecule has 2 fully saturated rings. The molecule has 38 heavy (non-hydrogen) atoms. The van der Waals surface area contributed by atoms with E-state index in [2.05, 4.69) is 0 Å². The molecule has 0 aromatic heterocycles. The highest BCUT2D eigenvalue weighted by atomic mass is 32.2. The maximum Gasteiger partial charge on any atom is 0.410 e. The third-order valence-electron chi connectivity index (χ3n) is 5.55. The first-order chi connectivity index (χ1) is 17.2. The van der Waals surface area contributed by atoms with Gasteiger partial charge in [0, 0.05) is 19.6 Å². The maximum absolute atomic E-state index is 11.8. The standard InChI is InChI=1S/C13H17NO5S.C12H15NO3.2CH4/c1-20(16,17)19-12-7-8-14(9-12)13(15)18-10-11-5-3-2-4-6-11;14-11-6-7-13(8-11)12(15)16-9-10-4-2-1-3-5-10;;/h2-6,12H,7-10H2,1H3;1-5,11,14H,6-9H2;2*1H4. The van der Waals surface area contributed by atoms with Gasteiger partial charge in [0.1, 0.15) is 13.2 Å². The van der Waals surface area contributed by atoms with Crippen molar-refractivity contribution in [1.29, 1.82) is 0 Å². The molecule has 0 saturated carbocycles. The molecule has 2 atom stereocenters. The van der Waals surface area contributed by atoms with Crippen LogP contribution in [0.25, 0.3) is 0 Å². The van der Waals surface area contributed by atoms with Gasteiger partial charge in [-0.2, -0.15) is 8.42 Å². The normalized spacial score (nSPS) is 18.4. The first kappa shape index (κ1) is 32.9. The molecule has 0 bridgehead atoms. The molecule has 10 nitrogen and oxygen atoms in total. The van der Waals surface area contributed by atoms with Crippen molar-refractivity contribution in [2.75, 3.05) is 32.4 Å². The fraction of sp³-hybridized carbons (Fsp3) is 0.481. The zero-order valence-corrected chi connectivity index (χ0v) is 21.0. The summed E-state index contributed by atoms with van der Waals surface area (Å²) in [4.78, 5) is 26.4. The minimum Gasteiger partial charge on any atom is -0.445 e. The van der Waals surface area contributed by atoms with Crippen LogP contribution in [0.2, 0.25) is 0 Å². The summed E-state index contributed by atoms with van der Waals surface area (Å²) in [5, 5.41) is 9.28. The molecule has 212 valence electrons. The van der Waals surface area contributed by atoms with E-state index in [0.29, 0.717) is 32.5 Å². The van der Waals surface area contributed by atoms with Crippen molar-refractivity contribution in [3.05, 3.63) is 71.8 Å². The third-order valence-corrected chi connectivity index (χ3v) is 6.17. The molecule has 0 aliphatic carbocycles. The summed E-state index contributed by atoms with van der Waals surface area (Å²) in [6.07, 6.45) is 0.463. The van der Waals surface area contributed by atoms with Gasteiger partial charge in [0.15, 0.2) is 0 Å². The number of hydrogen-bond acceptors (Lipinski definition) is 8. The van der Waals surface area contributed by atoms with Gasteiger partial charge in [-0.3, -0.25) is 4.18 Å². The summed E-state index contributed by atoms with van der Waals surface area (Å²) in [5.74, 6) is 0. The van der Waals surface area contributed by atoms with Crippen molar-refractivity contribution in [3.63, 3.8) is 0 Å². The van der Waals surface area contributed by atoms with E-state index < -0.39 is 28.4 Å². The first-order valence-corrected chi connectivity index (χ1v) is 13.5. The van der Waals surface area contributed by atoms with Crippen LogP contribution in [-0.2, 0) is 37.0 Å². The van der Waals surface area contributed by atoms with Crippen LogP contribution in [-0.4, -0.2) is 80.2 Å². The molecule has 2 heterocycles. The summed E-state index contributed by atoms with van der Waals surface area (Å²) in [7, 11) is -3.49. The Morgan fingerprint density at radius 3 is 1.68 bits per heavy atom. The number of carbonyl (C=O) groups excluding carboxylic acids is 2. The van der Waals surface area contributed by atoms with Crippen LogP contribution >= 0.6 is 0 Å². The van der Waals surface area contributed by atoms with Crippen molar-refractivity contribution in [3.8, 4) is 0 Å². The van der Waals surface area contributed by atoms with E-state index in [4.69, 9.17) is 13.7 Å². The van der Waals surface area contributed by atoms with Gasteiger partial charge < -0.3 is 24.4 Å². The van der Waals surface area contributed by atoms with E-state index in [9.17, 15) is 23.1 Å². The van der Waals surface area contributed by atoms with Crippen LogP contribution in [0, 0.1) is 0 Å². The summed E-state index contributed by atoms with van der Waals surface area (Å²) >= 11 is 0. The molecule has 0 spiro atoms. The SMILES string of the molecule is C.C.CS(=O)(=O)OC1CCN(C(=O)OCc2ccccc2)C1.O=C(OCc1ccccc1)N1CCC(O)C1. The average Bonchev–Trinajstić information content (AvgIpc) is 3.51. The number of hydrogen-bond donors (Lipinski definition) is 1. The van der Waals surface area contributed by atoms with Gasteiger partial charge >= 0.3 is 12.2 Å². The zero-order valence-electron chi connectivity index (χ0n) is 20.2. The minimum absolute atomic E-state index is 0. The second-order valence-electron chi connectivity index (χ2n) is 8.63. The molecule has 2 aliphatic heterocycles. The lowest BCUT2D eigenvalue weighted by Gasteiger charge is -2.16. The number of β-amino-alcohol motifs (C(OH)–C–C–N with tert-alkyl or cyclic N) is 1. The Kier molecular flexibility index (Phi) is 13.8. The molecule has 2 aromatic carbocycles. The molecule has 2 aliphatic rings. The summed E-state index contributed by atoms with van der Waals surface area (Å²) in [6.45, 7) is 2.12. The number of carbonyl (C=O) groups is 2. The average molecular weight is 553 g/mol. The number of rotatable bonds is 6. The topological polar surface area (TPSA) is 123 Å². The predicted octanol–water partition coefficient (Wildman–Crippen LogP) is 4.04. The van der Waals surface area contributed by atoms with Gasteiger partial charge in [0.2, 0.25) is 0 Å². The highest BCUT2D eigenvalue weighted by molar-refractivity contribution is 7.86. The molecular weight excluding hydrogens is 512 g/mol. The smallest absolute Gasteiger partial charge is 0.410 e. The second-order valence-corrected chi connectivity index (χ2v) is 10.2. The summed E-state index contributed by atoms with van der Waals surface area (Å²) in [5.41, 5.74) is 1.87.